The van der Waals surface area contributed by atoms with Gasteiger partial charge in [0.2, 0.25) is 0 Å². The van der Waals surface area contributed by atoms with Crippen LogP contribution in [0.25, 0.3) is 0 Å². The quantitative estimate of drug-likeness (QED) is 0.600. The fourth-order valence-electron chi connectivity index (χ4n) is 1.47. The van der Waals surface area contributed by atoms with E-state index >= 15 is 0 Å². The van der Waals surface area contributed by atoms with Crippen LogP contribution in [0.3, 0.4) is 0 Å². The second kappa shape index (κ2) is 3.98. The van der Waals surface area contributed by atoms with Crippen LogP contribution in [0.4, 0.5) is 5.69 Å². The second-order valence-corrected chi connectivity index (χ2v) is 4.38. The molecule has 4 heteroatoms. The Balaban J connectivity index is 3.46. The number of nitrogens with zero attached hydrogens (tertiary/aromatic N) is 1. The normalized spacial score (nSPS) is 11.5. The average molecular weight is 208 g/mol. The molecule has 0 unspecified atom stereocenters. The first kappa shape index (κ1) is 11.7. The predicted molar refractivity (Wildman–Crippen MR) is 57.1 cm³/mol. The van der Waals surface area contributed by atoms with E-state index in [0.29, 0.717) is 5.56 Å². The summed E-state index contributed by atoms with van der Waals surface area (Å²) in [5.74, 6) is 0. The molecular formula is C11H14NO3. The van der Waals surface area contributed by atoms with Gasteiger partial charge in [-0.25, -0.2) is 0 Å². The number of aliphatic hydroxyl groups is 1. The third kappa shape index (κ3) is 2.33. The molecule has 0 bridgehead atoms. The number of hydrogen-bond acceptors (Lipinski definition) is 3. The zero-order valence-electron chi connectivity index (χ0n) is 9.02. The molecule has 0 aliphatic carbocycles. The van der Waals surface area contributed by atoms with Crippen LogP contribution >= 0.6 is 0 Å². The Morgan fingerprint density at radius 3 is 2.40 bits per heavy atom. The molecule has 0 heterocycles. The van der Waals surface area contributed by atoms with Gasteiger partial charge >= 0.3 is 0 Å². The van der Waals surface area contributed by atoms with Crippen molar-refractivity contribution in [1.82, 2.24) is 0 Å². The van der Waals surface area contributed by atoms with Crippen LogP contribution in [0.2, 0.25) is 0 Å². The van der Waals surface area contributed by atoms with E-state index < -0.39 is 4.92 Å². The lowest BCUT2D eigenvalue weighted by Gasteiger charge is -2.19. The van der Waals surface area contributed by atoms with Gasteiger partial charge in [0.1, 0.15) is 6.61 Å². The van der Waals surface area contributed by atoms with E-state index in [2.05, 4.69) is 0 Å². The number of nitro benzene ring substituents is 1. The minimum Gasteiger partial charge on any atom is -0.385 e. The summed E-state index contributed by atoms with van der Waals surface area (Å²) < 4.78 is 0. The van der Waals surface area contributed by atoms with Gasteiger partial charge in [0.15, 0.2) is 0 Å². The Kier molecular flexibility index (Phi) is 3.09. The highest BCUT2D eigenvalue weighted by atomic mass is 16.6. The molecule has 0 saturated heterocycles. The summed E-state index contributed by atoms with van der Waals surface area (Å²) in [4.78, 5) is 10.5. The van der Waals surface area contributed by atoms with Crippen molar-refractivity contribution in [2.45, 2.75) is 26.2 Å². The maximum atomic E-state index is 10.9. The average Bonchev–Trinajstić information content (AvgIpc) is 2.15. The van der Waals surface area contributed by atoms with Gasteiger partial charge in [0.25, 0.3) is 5.69 Å². The molecule has 1 aromatic carbocycles. The summed E-state index contributed by atoms with van der Waals surface area (Å²) in [5, 5.41) is 19.9. The molecular weight excluding hydrogens is 194 g/mol. The van der Waals surface area contributed by atoms with Crippen LogP contribution in [0.15, 0.2) is 18.2 Å². The number of benzene rings is 1. The first-order valence-corrected chi connectivity index (χ1v) is 4.63. The van der Waals surface area contributed by atoms with Gasteiger partial charge in [-0.3, -0.25) is 10.1 Å². The lowest BCUT2D eigenvalue weighted by Crippen LogP contribution is -2.14. The molecule has 0 amide bonds. The van der Waals surface area contributed by atoms with Crippen molar-refractivity contribution >= 4 is 5.69 Å². The van der Waals surface area contributed by atoms with Crippen LogP contribution in [0, 0.1) is 16.7 Å². The van der Waals surface area contributed by atoms with Crippen molar-refractivity contribution in [2.75, 3.05) is 0 Å². The van der Waals surface area contributed by atoms with E-state index in [1.165, 1.54) is 6.07 Å². The monoisotopic (exact) mass is 208 g/mol. The summed E-state index contributed by atoms with van der Waals surface area (Å²) >= 11 is 0. The molecule has 1 radical (unpaired) electrons. The van der Waals surface area contributed by atoms with Crippen LogP contribution < -0.4 is 0 Å². The van der Waals surface area contributed by atoms with Crippen molar-refractivity contribution in [2.24, 2.45) is 0 Å². The summed E-state index contributed by atoms with van der Waals surface area (Å²) in [6.07, 6.45) is 0. The first-order valence-electron chi connectivity index (χ1n) is 4.63. The van der Waals surface area contributed by atoms with Gasteiger partial charge in [0, 0.05) is 5.56 Å². The van der Waals surface area contributed by atoms with Gasteiger partial charge in [-0.1, -0.05) is 32.9 Å². The highest BCUT2D eigenvalue weighted by Crippen LogP contribution is 2.33. The highest BCUT2D eigenvalue weighted by Gasteiger charge is 2.27. The second-order valence-electron chi connectivity index (χ2n) is 4.38. The Morgan fingerprint density at radius 1 is 1.40 bits per heavy atom. The molecule has 0 saturated carbocycles. The zero-order chi connectivity index (χ0) is 11.6. The van der Waals surface area contributed by atoms with E-state index in [0.717, 1.165) is 6.61 Å². The molecule has 1 aromatic rings. The third-order valence-electron chi connectivity index (χ3n) is 2.20. The van der Waals surface area contributed by atoms with Gasteiger partial charge in [-0.15, -0.1) is 0 Å². The van der Waals surface area contributed by atoms with Crippen LogP contribution in [0.5, 0.6) is 0 Å². The number of rotatable bonds is 2. The topological polar surface area (TPSA) is 63.4 Å². The molecule has 0 atom stereocenters. The molecule has 81 valence electrons. The lowest BCUT2D eigenvalue weighted by atomic mass is 9.84. The molecule has 0 aliphatic rings. The molecule has 1 rings (SSSR count). The summed E-state index contributed by atoms with van der Waals surface area (Å²) in [6, 6.07) is 4.94. The minimum atomic E-state index is -0.456. The van der Waals surface area contributed by atoms with Gasteiger partial charge in [-0.05, 0) is 11.5 Å². The SMILES string of the molecule is CC(C)(C)c1cccc([CH]O)c1[N+](=O)[O-]. The van der Waals surface area contributed by atoms with Crippen molar-refractivity contribution in [3.63, 3.8) is 0 Å². The zero-order valence-corrected chi connectivity index (χ0v) is 9.02. The van der Waals surface area contributed by atoms with E-state index in [4.69, 9.17) is 5.11 Å². The smallest absolute Gasteiger partial charge is 0.279 e. The Morgan fingerprint density at radius 2 is 2.00 bits per heavy atom. The maximum absolute atomic E-state index is 10.9. The molecule has 0 aliphatic heterocycles. The lowest BCUT2D eigenvalue weighted by molar-refractivity contribution is -0.386. The largest absolute Gasteiger partial charge is 0.385 e. The highest BCUT2D eigenvalue weighted by molar-refractivity contribution is 5.52. The van der Waals surface area contributed by atoms with Gasteiger partial charge in [0.05, 0.1) is 10.5 Å². The fourth-order valence-corrected chi connectivity index (χ4v) is 1.47. The standard InChI is InChI=1S/C11H14NO3/c1-11(2,3)9-6-4-5-8(7-13)10(9)12(14)15/h4-7,13H,1-3H3. The van der Waals surface area contributed by atoms with Crippen molar-refractivity contribution in [1.29, 1.82) is 0 Å². The fraction of sp³-hybridized carbons (Fsp3) is 0.364. The maximum Gasteiger partial charge on any atom is 0.279 e. The van der Waals surface area contributed by atoms with Gasteiger partial charge < -0.3 is 5.11 Å². The van der Waals surface area contributed by atoms with Crippen LogP contribution in [-0.4, -0.2) is 10.0 Å². The van der Waals surface area contributed by atoms with E-state index in [9.17, 15) is 10.1 Å². The molecule has 15 heavy (non-hydrogen) atoms. The Labute approximate surface area is 88.7 Å². The minimum absolute atomic E-state index is 0.0208. The Hall–Kier alpha value is -1.42. The van der Waals surface area contributed by atoms with E-state index in [-0.39, 0.29) is 16.7 Å². The number of para-hydroxylation sites is 1. The van der Waals surface area contributed by atoms with Crippen LogP contribution in [0.1, 0.15) is 31.9 Å². The summed E-state index contributed by atoms with van der Waals surface area (Å²) in [7, 11) is 0. The summed E-state index contributed by atoms with van der Waals surface area (Å²) in [6.45, 7) is 6.47. The van der Waals surface area contributed by atoms with E-state index in [1.807, 2.05) is 20.8 Å². The van der Waals surface area contributed by atoms with Crippen LogP contribution in [-0.2, 0) is 5.41 Å². The number of nitro groups is 1. The first-order chi connectivity index (χ1) is 6.88. The number of hydrogen-bond donors (Lipinski definition) is 1. The molecule has 1 N–H and O–H groups in total. The predicted octanol–water partition coefficient (Wildman–Crippen LogP) is 2.77. The summed E-state index contributed by atoms with van der Waals surface area (Å²) in [5.41, 5.74) is 0.525. The van der Waals surface area contributed by atoms with Crippen molar-refractivity contribution < 1.29 is 10.0 Å². The van der Waals surface area contributed by atoms with E-state index in [1.54, 1.807) is 12.1 Å². The molecule has 0 fully saturated rings. The third-order valence-corrected chi connectivity index (χ3v) is 2.20. The molecule has 0 spiro atoms. The van der Waals surface area contributed by atoms with Gasteiger partial charge in [-0.2, -0.15) is 0 Å². The Bertz CT molecular complexity index is 380. The number of aliphatic hydroxyl groups excluding tert-OH is 1. The van der Waals surface area contributed by atoms with Crippen molar-refractivity contribution in [3.05, 3.63) is 46.0 Å². The van der Waals surface area contributed by atoms with Crippen molar-refractivity contribution in [3.8, 4) is 0 Å². The molecule has 4 nitrogen and oxygen atoms in total. The molecule has 0 aromatic heterocycles.